The van der Waals surface area contributed by atoms with Crippen molar-refractivity contribution in [3.05, 3.63) is 227 Å². The smallest absolute Gasteiger partial charge is 0.405 e. The number of phosphoric ester groups is 1. The zero-order chi connectivity index (χ0) is 70.4. The topological polar surface area (TPSA) is 312 Å². The molecule has 2 radical (unpaired) electrons. The molecule has 28 heteroatoms. The molecular weight excluding hydrogens is 1530 g/mol. The van der Waals surface area contributed by atoms with Crippen molar-refractivity contribution in [2.75, 3.05) is 10.6 Å². The molecule has 0 saturated heterocycles. The number of benzene rings is 6. The molecule has 0 aliphatic heterocycles. The van der Waals surface area contributed by atoms with Gasteiger partial charge >= 0.3 is 21.7 Å². The van der Waals surface area contributed by atoms with E-state index >= 15 is 0 Å². The van der Waals surface area contributed by atoms with E-state index in [2.05, 4.69) is 50.5 Å². The first-order valence-electron chi connectivity index (χ1n) is 32.1. The summed E-state index contributed by atoms with van der Waals surface area (Å²) in [5.41, 5.74) is 19.7. The maximum atomic E-state index is 12.6. The van der Waals surface area contributed by atoms with Crippen molar-refractivity contribution in [2.45, 2.75) is 142 Å². The third-order valence-corrected chi connectivity index (χ3v) is 20.1. The van der Waals surface area contributed by atoms with Crippen LogP contribution in [-0.2, 0) is 119 Å². The van der Waals surface area contributed by atoms with Gasteiger partial charge in [-0.05, 0) is 147 Å². The molecule has 2 heterocycles. The van der Waals surface area contributed by atoms with E-state index in [1.807, 2.05) is 106 Å². The van der Waals surface area contributed by atoms with Gasteiger partial charge in [-0.25, -0.2) is 13.7 Å². The van der Waals surface area contributed by atoms with Crippen molar-refractivity contribution in [1.29, 1.82) is 0 Å². The number of carbonyl (C=O) groups excluding carboxylic acids is 4. The van der Waals surface area contributed by atoms with E-state index in [4.69, 9.17) is 66.4 Å². The second-order valence-electron chi connectivity index (χ2n) is 26.1. The molecule has 2 aromatic heterocycles. The number of ketones is 2. The fourth-order valence-electron chi connectivity index (χ4n) is 12.1. The Morgan fingerprint density at radius 3 is 1.26 bits per heavy atom. The molecule has 0 bridgehead atoms. The molecule has 0 unspecified atom stereocenters. The van der Waals surface area contributed by atoms with Crippen LogP contribution in [0.2, 0.25) is 0 Å². The van der Waals surface area contributed by atoms with Crippen molar-refractivity contribution in [3.63, 3.8) is 0 Å². The number of halogens is 2. The molecule has 100 heavy (non-hydrogen) atoms. The number of phosphoric acid groups is 1. The van der Waals surface area contributed by atoms with Crippen LogP contribution in [0.1, 0.15) is 156 Å². The number of aliphatic hydroxyl groups excluding tert-OH is 1. The van der Waals surface area contributed by atoms with Crippen LogP contribution in [0, 0.1) is 23.0 Å². The first-order chi connectivity index (χ1) is 46.5. The molecule has 4 aliphatic rings. The maximum absolute atomic E-state index is 12.6. The van der Waals surface area contributed by atoms with Crippen LogP contribution in [-0.4, -0.2) is 71.7 Å². The Morgan fingerprint density at radius 2 is 0.900 bits per heavy atom. The van der Waals surface area contributed by atoms with E-state index in [1.54, 1.807) is 72.9 Å². The van der Waals surface area contributed by atoms with Crippen molar-refractivity contribution < 1.29 is 136 Å². The van der Waals surface area contributed by atoms with Gasteiger partial charge in [-0.15, -0.1) is 11.1 Å². The molecular formula is C72H81Cl2N6O15P3Y2-2. The van der Waals surface area contributed by atoms with E-state index < -0.39 is 39.6 Å². The number of carbonyl (C=O) groups is 4. The minimum absolute atomic E-state index is 0. The Balaban J connectivity index is 0.000000192. The molecule has 9 N–H and O–H groups in total. The van der Waals surface area contributed by atoms with E-state index in [0.29, 0.717) is 83.7 Å². The summed E-state index contributed by atoms with van der Waals surface area (Å²) in [5, 5.41) is 16.6. The molecule has 21 nitrogen and oxygen atoms in total. The third kappa shape index (κ3) is 24.6. The average Bonchev–Trinajstić information content (AvgIpc) is 1.60. The van der Waals surface area contributed by atoms with Crippen LogP contribution in [0.25, 0.3) is 11.4 Å². The number of hydrogen-bond donors (Lipinski definition) is 7. The van der Waals surface area contributed by atoms with Gasteiger partial charge in [-0.1, -0.05) is 161 Å². The first kappa shape index (κ1) is 81.9. The molecule has 12 rings (SSSR count). The summed E-state index contributed by atoms with van der Waals surface area (Å²) in [6, 6.07) is 53.3. The Morgan fingerprint density at radius 1 is 0.540 bits per heavy atom. The molecule has 6 aromatic carbocycles. The second-order valence-corrected chi connectivity index (χ2v) is 32.3. The van der Waals surface area contributed by atoms with Crippen LogP contribution in [0.4, 0.5) is 11.4 Å². The van der Waals surface area contributed by atoms with Gasteiger partial charge in [0.05, 0.1) is 48.1 Å². The molecule has 4 aliphatic carbocycles. The predicted molar refractivity (Wildman–Crippen MR) is 377 cm³/mol. The van der Waals surface area contributed by atoms with Gasteiger partial charge in [0.1, 0.15) is 11.5 Å². The molecule has 0 spiro atoms. The fourth-order valence-corrected chi connectivity index (χ4v) is 14.9. The SMILES string of the molecule is CC1(C)CC(=O)c2[c-]cn(-c3ccc(C(N)=O)c(NC4CCC(O)CC4)c3)c2C1.CC1(C)CC(=O)c2[c-]cn(-c3ccc(C(N)=O)c(NC4CCC(OP(=O)(O)O)CC4)c3)c2C1.O=P(Cl)(OCc1ccccc1)OCc1ccccc1.O=P(Cl)(Oc1ccccc1)Oc1ccccc1.[Y].[Y]. The standard InChI is InChI=1S/C23H29N3O6P.C23H28N3O3.C14H14ClO3P.C12H10ClO3P.2Y/c1-23(2)12-20-18(21(27)13-23)9-10-26(20)15-5-8-17(22(24)28)19(11-15)25-14-3-6-16(7-4-14)32-33(29,30)31;1-23(2)12-20-18(21(28)13-23)9-10-26(20)15-5-8-17(22(24)29)19(11-15)25-14-3-6-16(27)7-4-14;15-19(16,17-11-13-7-3-1-4-8-13)18-12-14-9-5-2-6-10-14;13-17(14,15-11-7-3-1-4-8-11)16-12-9-5-2-6-10-12;;/h5,8,10-11,14,16,25H,3-4,6-7,12-13H2,1-2H3,(H2,24,28)(H2,29,30,31);5,8,10-11,14,16,25,27H,3-4,6-7,12-13H2,1-2H3,(H2,24,29);1-10H,11-12H2;1-10H;;/q2*-1;;;;. The Kier molecular flexibility index (Phi) is 30.2. The summed E-state index contributed by atoms with van der Waals surface area (Å²) in [6.07, 6.45) is 10.8. The number of Topliss-reactive ketones (excluding diaryl/α,β-unsaturated/α-hetero) is 2. The van der Waals surface area contributed by atoms with Crippen LogP contribution < -0.4 is 31.1 Å². The molecule has 2 amide bonds. The minimum Gasteiger partial charge on any atom is -0.405 e. The zero-order valence-corrected chi connectivity index (χ0v) is 65.8. The summed E-state index contributed by atoms with van der Waals surface area (Å²) < 4.78 is 64.1. The summed E-state index contributed by atoms with van der Waals surface area (Å²) in [6.45, 7) is 1.46. The average molecular weight is 1610 g/mol. The Hall–Kier alpha value is -5.40. The van der Waals surface area contributed by atoms with Gasteiger partial charge in [0, 0.05) is 123 Å². The number of aliphatic hydroxyl groups is 1. The maximum Gasteiger partial charge on any atom is 0.530 e. The van der Waals surface area contributed by atoms with Gasteiger partial charge in [0.2, 0.25) is 0 Å². The summed E-state index contributed by atoms with van der Waals surface area (Å²) in [7, 11) is -4.51. The number of primary amides is 2. The van der Waals surface area contributed by atoms with Gasteiger partial charge in [0.15, 0.2) is 0 Å². The number of fused-ring (bicyclic) bond motifs is 2. The van der Waals surface area contributed by atoms with Crippen molar-refractivity contribution in [3.8, 4) is 22.9 Å². The van der Waals surface area contributed by atoms with Gasteiger partial charge in [-0.2, -0.15) is 12.1 Å². The number of rotatable bonds is 20. The van der Waals surface area contributed by atoms with Gasteiger partial charge in [0.25, 0.3) is 11.8 Å². The summed E-state index contributed by atoms with van der Waals surface area (Å²) >= 11 is 11.5. The number of nitrogens with zero attached hydrogens (tertiary/aromatic N) is 2. The monoisotopic (exact) mass is 1610 g/mol. The number of nitrogens with two attached hydrogens (primary N) is 2. The molecule has 526 valence electrons. The Bertz CT molecular complexity index is 4120. The number of amides is 2. The van der Waals surface area contributed by atoms with Crippen LogP contribution >= 0.6 is 44.2 Å². The van der Waals surface area contributed by atoms with Crippen molar-refractivity contribution in [2.24, 2.45) is 22.3 Å². The predicted octanol–water partition coefficient (Wildman–Crippen LogP) is 15.9. The number of para-hydroxylation sites is 2. The quantitative estimate of drug-likeness (QED) is 0.0275. The molecule has 0 atom stereocenters. The van der Waals surface area contributed by atoms with Crippen molar-refractivity contribution in [1.82, 2.24) is 9.13 Å². The van der Waals surface area contributed by atoms with Crippen LogP contribution in [0.3, 0.4) is 0 Å². The number of aromatic nitrogens is 2. The van der Waals surface area contributed by atoms with E-state index in [-0.39, 0.29) is 119 Å². The van der Waals surface area contributed by atoms with Gasteiger partial charge in [-0.3, -0.25) is 23.2 Å². The summed E-state index contributed by atoms with van der Waals surface area (Å²) in [4.78, 5) is 67.1. The molecule has 8 aromatic rings. The van der Waals surface area contributed by atoms with E-state index in [1.165, 1.54) is 0 Å². The Labute approximate surface area is 643 Å². The number of hydrogen-bond acceptors (Lipinski definition) is 15. The largest absolute Gasteiger partial charge is 0.530 e. The number of anilines is 2. The second kappa shape index (κ2) is 36.8. The first-order valence-corrected chi connectivity index (χ1v) is 38.5. The van der Waals surface area contributed by atoms with E-state index in [0.717, 1.165) is 72.4 Å². The minimum atomic E-state index is -4.51. The van der Waals surface area contributed by atoms with E-state index in [9.17, 15) is 38.0 Å². The molecule has 2 fully saturated rings. The number of nitrogens with one attached hydrogen (secondary N) is 2. The normalized spacial score (nSPS) is 18.3. The van der Waals surface area contributed by atoms with Crippen molar-refractivity contribution >= 4 is 79.0 Å². The zero-order valence-electron chi connectivity index (χ0n) is 55.9. The third-order valence-electron chi connectivity index (χ3n) is 16.8. The summed E-state index contributed by atoms with van der Waals surface area (Å²) in [5.74, 6) is -0.0138. The van der Waals surface area contributed by atoms with Crippen LogP contribution in [0.5, 0.6) is 11.5 Å². The molecule has 2 saturated carbocycles. The fraction of sp³-hybridized carbons (Fsp3) is 0.333. The van der Waals surface area contributed by atoms with Crippen LogP contribution in [0.15, 0.2) is 170 Å². The van der Waals surface area contributed by atoms with Gasteiger partial charge < -0.3 is 64.8 Å².